The zero-order valence-electron chi connectivity index (χ0n) is 17.1. The molecule has 8 heteroatoms. The Kier molecular flexibility index (Phi) is 6.08. The number of carbonyl (C=O) groups is 1. The maximum absolute atomic E-state index is 13.4. The molecule has 2 aromatic carbocycles. The van der Waals surface area contributed by atoms with Gasteiger partial charge >= 0.3 is 0 Å². The van der Waals surface area contributed by atoms with Crippen molar-refractivity contribution in [1.82, 2.24) is 14.1 Å². The first kappa shape index (κ1) is 20.8. The fraction of sp³-hybridized carbons (Fsp3) is 0.409. The first-order chi connectivity index (χ1) is 14.5. The molecule has 1 unspecified atom stereocenters. The monoisotopic (exact) mass is 429 g/mol. The van der Waals surface area contributed by atoms with E-state index in [2.05, 4.69) is 4.90 Å². The van der Waals surface area contributed by atoms with Crippen molar-refractivity contribution < 1.29 is 17.9 Å². The molecule has 2 fully saturated rings. The van der Waals surface area contributed by atoms with Crippen molar-refractivity contribution in [3.05, 3.63) is 60.2 Å². The Bertz CT molecular complexity index is 973. The second kappa shape index (κ2) is 8.75. The van der Waals surface area contributed by atoms with Crippen LogP contribution in [0.2, 0.25) is 0 Å². The fourth-order valence-corrected chi connectivity index (χ4v) is 5.78. The standard InChI is InChI=1S/C22H27N3O4S/c1-29-19-11-9-18(10-12-19)22-24(21(26)17-23-13-5-6-14-23)15-16-25(22)30(27,28)20-7-3-2-4-8-20/h2-4,7-12,22H,5-6,13-17H2,1H3. The molecule has 160 valence electrons. The van der Waals surface area contributed by atoms with Gasteiger partial charge in [-0.15, -0.1) is 0 Å². The van der Waals surface area contributed by atoms with Gasteiger partial charge in [0.2, 0.25) is 15.9 Å². The van der Waals surface area contributed by atoms with E-state index >= 15 is 0 Å². The summed E-state index contributed by atoms with van der Waals surface area (Å²) in [4.78, 5) is 17.2. The van der Waals surface area contributed by atoms with E-state index in [0.29, 0.717) is 18.8 Å². The van der Waals surface area contributed by atoms with Crippen LogP contribution in [0.25, 0.3) is 0 Å². The molecule has 0 spiro atoms. The average molecular weight is 430 g/mol. The molecular weight excluding hydrogens is 402 g/mol. The molecule has 2 aliphatic rings. The molecule has 1 atom stereocenters. The van der Waals surface area contributed by atoms with Crippen molar-refractivity contribution >= 4 is 15.9 Å². The van der Waals surface area contributed by atoms with Crippen LogP contribution in [0.5, 0.6) is 5.75 Å². The van der Waals surface area contributed by atoms with Crippen LogP contribution in [0.1, 0.15) is 24.6 Å². The molecule has 0 bridgehead atoms. The lowest BCUT2D eigenvalue weighted by Crippen LogP contribution is -2.42. The predicted octanol–water partition coefficient (Wildman–Crippen LogP) is 2.32. The van der Waals surface area contributed by atoms with E-state index in [4.69, 9.17) is 4.74 Å². The lowest BCUT2D eigenvalue weighted by Gasteiger charge is -2.31. The third kappa shape index (κ3) is 4.08. The maximum Gasteiger partial charge on any atom is 0.245 e. The molecule has 7 nitrogen and oxygen atoms in total. The van der Waals surface area contributed by atoms with Gasteiger partial charge in [-0.3, -0.25) is 9.69 Å². The van der Waals surface area contributed by atoms with E-state index in [0.717, 1.165) is 31.5 Å². The van der Waals surface area contributed by atoms with Crippen molar-refractivity contribution in [2.75, 3.05) is 39.8 Å². The van der Waals surface area contributed by atoms with Crippen LogP contribution in [0.3, 0.4) is 0 Å². The molecule has 0 aliphatic carbocycles. The Hall–Kier alpha value is -2.42. The number of amides is 1. The van der Waals surface area contributed by atoms with Gasteiger partial charge in [0.15, 0.2) is 0 Å². The fourth-order valence-electron chi connectivity index (χ4n) is 4.19. The van der Waals surface area contributed by atoms with E-state index in [9.17, 15) is 13.2 Å². The van der Waals surface area contributed by atoms with Crippen LogP contribution in [-0.4, -0.2) is 68.3 Å². The molecule has 4 rings (SSSR count). The number of benzene rings is 2. The number of carbonyl (C=O) groups excluding carboxylic acids is 1. The van der Waals surface area contributed by atoms with Crippen molar-refractivity contribution in [2.24, 2.45) is 0 Å². The number of hydrogen-bond acceptors (Lipinski definition) is 5. The first-order valence-corrected chi connectivity index (χ1v) is 11.7. The highest BCUT2D eigenvalue weighted by Crippen LogP contribution is 2.35. The average Bonchev–Trinajstić information content (AvgIpc) is 3.44. The van der Waals surface area contributed by atoms with Gasteiger partial charge in [-0.2, -0.15) is 4.31 Å². The predicted molar refractivity (Wildman–Crippen MR) is 113 cm³/mol. The Morgan fingerprint density at radius 3 is 2.27 bits per heavy atom. The second-order valence-corrected chi connectivity index (χ2v) is 9.54. The van der Waals surface area contributed by atoms with Crippen molar-refractivity contribution in [1.29, 1.82) is 0 Å². The number of ether oxygens (including phenoxy) is 1. The number of hydrogen-bond donors (Lipinski definition) is 0. The summed E-state index contributed by atoms with van der Waals surface area (Å²) >= 11 is 0. The van der Waals surface area contributed by atoms with E-state index in [1.807, 2.05) is 12.1 Å². The largest absolute Gasteiger partial charge is 0.497 e. The van der Waals surface area contributed by atoms with Gasteiger partial charge in [0, 0.05) is 13.1 Å². The minimum Gasteiger partial charge on any atom is -0.497 e. The van der Waals surface area contributed by atoms with Crippen molar-refractivity contribution in [3.8, 4) is 5.75 Å². The minimum absolute atomic E-state index is 0.0384. The molecule has 0 N–H and O–H groups in total. The lowest BCUT2D eigenvalue weighted by atomic mass is 10.1. The molecule has 2 saturated heterocycles. The van der Waals surface area contributed by atoms with Crippen LogP contribution in [0.4, 0.5) is 0 Å². The van der Waals surface area contributed by atoms with E-state index in [1.54, 1.807) is 54.5 Å². The summed E-state index contributed by atoms with van der Waals surface area (Å²) in [6.07, 6.45) is 1.53. The highest BCUT2D eigenvalue weighted by Gasteiger charge is 2.43. The summed E-state index contributed by atoms with van der Waals surface area (Å²) in [6, 6.07) is 15.6. The molecule has 2 aliphatic heterocycles. The van der Waals surface area contributed by atoms with Crippen molar-refractivity contribution in [3.63, 3.8) is 0 Å². The maximum atomic E-state index is 13.4. The van der Waals surface area contributed by atoms with E-state index in [-0.39, 0.29) is 17.3 Å². The number of sulfonamides is 1. The molecule has 0 aromatic heterocycles. The number of methoxy groups -OCH3 is 1. The van der Waals surface area contributed by atoms with Gasteiger partial charge in [0.25, 0.3) is 0 Å². The Labute approximate surface area is 177 Å². The second-order valence-electron chi connectivity index (χ2n) is 7.65. The molecular formula is C22H27N3O4S. The summed E-state index contributed by atoms with van der Waals surface area (Å²) in [5.41, 5.74) is 0.752. The topological polar surface area (TPSA) is 70.2 Å². The van der Waals surface area contributed by atoms with Crippen LogP contribution in [0.15, 0.2) is 59.5 Å². The summed E-state index contributed by atoms with van der Waals surface area (Å²) in [5, 5.41) is 0. The summed E-state index contributed by atoms with van der Waals surface area (Å²) in [5.74, 6) is 0.646. The normalized spacial score (nSPS) is 20.6. The van der Waals surface area contributed by atoms with Gasteiger partial charge in [0.1, 0.15) is 11.9 Å². The number of nitrogens with zero attached hydrogens (tertiary/aromatic N) is 3. The minimum atomic E-state index is -3.75. The van der Waals surface area contributed by atoms with E-state index in [1.165, 1.54) is 4.31 Å². The van der Waals surface area contributed by atoms with Crippen LogP contribution < -0.4 is 4.74 Å². The zero-order valence-corrected chi connectivity index (χ0v) is 17.9. The van der Waals surface area contributed by atoms with Gasteiger partial charge in [-0.25, -0.2) is 8.42 Å². The molecule has 30 heavy (non-hydrogen) atoms. The Morgan fingerprint density at radius 1 is 0.967 bits per heavy atom. The van der Waals surface area contributed by atoms with E-state index < -0.39 is 16.2 Å². The van der Waals surface area contributed by atoms with Gasteiger partial charge in [-0.05, 0) is 55.8 Å². The lowest BCUT2D eigenvalue weighted by molar-refractivity contribution is -0.134. The highest BCUT2D eigenvalue weighted by atomic mass is 32.2. The third-order valence-corrected chi connectivity index (χ3v) is 7.64. The molecule has 2 aromatic rings. The molecule has 0 saturated carbocycles. The van der Waals surface area contributed by atoms with Crippen LogP contribution >= 0.6 is 0 Å². The third-order valence-electron chi connectivity index (χ3n) is 5.77. The highest BCUT2D eigenvalue weighted by molar-refractivity contribution is 7.89. The molecule has 1 amide bonds. The number of likely N-dealkylation sites (tertiary alicyclic amines) is 1. The van der Waals surface area contributed by atoms with Gasteiger partial charge in [0.05, 0.1) is 18.6 Å². The summed E-state index contributed by atoms with van der Waals surface area (Å²) in [7, 11) is -2.16. The van der Waals surface area contributed by atoms with Crippen LogP contribution in [0, 0.1) is 0 Å². The SMILES string of the molecule is COc1ccc(C2N(C(=O)CN3CCCC3)CCN2S(=O)(=O)c2ccccc2)cc1. The van der Waals surface area contributed by atoms with Crippen LogP contribution in [-0.2, 0) is 14.8 Å². The quantitative estimate of drug-likeness (QED) is 0.705. The molecule has 2 heterocycles. The first-order valence-electron chi connectivity index (χ1n) is 10.2. The molecule has 0 radical (unpaired) electrons. The zero-order chi connectivity index (χ0) is 21.1. The van der Waals surface area contributed by atoms with Gasteiger partial charge < -0.3 is 9.64 Å². The van der Waals surface area contributed by atoms with Crippen molar-refractivity contribution in [2.45, 2.75) is 23.9 Å². The summed E-state index contributed by atoms with van der Waals surface area (Å²) in [6.45, 7) is 2.79. The van der Waals surface area contributed by atoms with Gasteiger partial charge in [-0.1, -0.05) is 30.3 Å². The smallest absolute Gasteiger partial charge is 0.245 e. The Balaban J connectivity index is 1.67. The Morgan fingerprint density at radius 2 is 1.63 bits per heavy atom. The summed E-state index contributed by atoms with van der Waals surface area (Å²) < 4.78 is 33.5. The number of rotatable bonds is 6.